The van der Waals surface area contributed by atoms with Crippen molar-refractivity contribution in [2.24, 2.45) is 0 Å². The molecule has 6 nitrogen and oxygen atoms in total. The third kappa shape index (κ3) is 4.29. The molecule has 1 rings (SSSR count). The summed E-state index contributed by atoms with van der Waals surface area (Å²) in [5, 5.41) is 7.45. The van der Waals surface area contributed by atoms with Gasteiger partial charge in [0, 0.05) is 20.5 Å². The SMILES string of the molecule is CC(C(=O)N(C)C)S(=O)(=O)c1ccc(CCC(=O)O)cc1. The van der Waals surface area contributed by atoms with Gasteiger partial charge in [0.2, 0.25) is 5.91 Å². The maximum absolute atomic E-state index is 12.3. The van der Waals surface area contributed by atoms with Crippen LogP contribution in [-0.2, 0) is 25.8 Å². The molecule has 1 atom stereocenters. The fourth-order valence-corrected chi connectivity index (χ4v) is 3.20. The van der Waals surface area contributed by atoms with Crippen LogP contribution < -0.4 is 0 Å². The van der Waals surface area contributed by atoms with Gasteiger partial charge in [0.25, 0.3) is 0 Å². The molecule has 0 aliphatic rings. The van der Waals surface area contributed by atoms with Crippen LogP contribution in [0.25, 0.3) is 0 Å². The molecule has 0 heterocycles. The largest absolute Gasteiger partial charge is 0.481 e. The van der Waals surface area contributed by atoms with E-state index in [1.54, 1.807) is 12.1 Å². The molecule has 1 aromatic rings. The number of rotatable bonds is 6. The molecule has 116 valence electrons. The van der Waals surface area contributed by atoms with E-state index in [2.05, 4.69) is 0 Å². The molecule has 1 N–H and O–H groups in total. The molecular formula is C14H19NO5S. The number of carbonyl (C=O) groups is 2. The molecule has 0 aliphatic carbocycles. The number of aryl methyl sites for hydroxylation is 1. The van der Waals surface area contributed by atoms with E-state index < -0.39 is 27.0 Å². The fourth-order valence-electron chi connectivity index (χ4n) is 1.80. The number of amides is 1. The molecule has 0 fully saturated rings. The second-order valence-electron chi connectivity index (χ2n) is 4.96. The number of hydrogen-bond donors (Lipinski definition) is 1. The van der Waals surface area contributed by atoms with Gasteiger partial charge in [-0.1, -0.05) is 12.1 Å². The van der Waals surface area contributed by atoms with E-state index in [-0.39, 0.29) is 11.3 Å². The predicted octanol–water partition coefficient (Wildman–Crippen LogP) is 0.954. The smallest absolute Gasteiger partial charge is 0.303 e. The zero-order chi connectivity index (χ0) is 16.2. The lowest BCUT2D eigenvalue weighted by Gasteiger charge is -2.17. The molecule has 21 heavy (non-hydrogen) atoms. The van der Waals surface area contributed by atoms with Gasteiger partial charge in [0.1, 0.15) is 5.25 Å². The van der Waals surface area contributed by atoms with Gasteiger partial charge in [-0.3, -0.25) is 9.59 Å². The number of aliphatic carboxylic acids is 1. The Kier molecular flexibility index (Phi) is 5.48. The van der Waals surface area contributed by atoms with Crippen LogP contribution in [0.1, 0.15) is 18.9 Å². The molecule has 0 aliphatic heterocycles. The number of carboxylic acids is 1. The minimum Gasteiger partial charge on any atom is -0.481 e. The van der Waals surface area contributed by atoms with Gasteiger partial charge in [0.05, 0.1) is 4.90 Å². The van der Waals surface area contributed by atoms with Crippen LogP contribution in [0.4, 0.5) is 0 Å². The van der Waals surface area contributed by atoms with Gasteiger partial charge in [-0.2, -0.15) is 0 Å². The number of hydrogen-bond acceptors (Lipinski definition) is 4. The Morgan fingerprint density at radius 2 is 1.71 bits per heavy atom. The second-order valence-corrected chi connectivity index (χ2v) is 7.23. The molecule has 0 spiro atoms. The Hall–Kier alpha value is -1.89. The van der Waals surface area contributed by atoms with Crippen LogP contribution in [0, 0.1) is 0 Å². The van der Waals surface area contributed by atoms with Crippen molar-refractivity contribution in [2.45, 2.75) is 29.9 Å². The third-order valence-electron chi connectivity index (χ3n) is 3.13. The van der Waals surface area contributed by atoms with Crippen molar-refractivity contribution in [2.75, 3.05) is 14.1 Å². The highest BCUT2D eigenvalue weighted by Gasteiger charge is 2.30. The maximum atomic E-state index is 12.3. The molecule has 1 unspecified atom stereocenters. The summed E-state index contributed by atoms with van der Waals surface area (Å²) in [5.41, 5.74) is 0.739. The van der Waals surface area contributed by atoms with E-state index in [0.29, 0.717) is 6.42 Å². The van der Waals surface area contributed by atoms with Gasteiger partial charge in [0.15, 0.2) is 9.84 Å². The summed E-state index contributed by atoms with van der Waals surface area (Å²) >= 11 is 0. The fraction of sp³-hybridized carbons (Fsp3) is 0.429. The van der Waals surface area contributed by atoms with Crippen molar-refractivity contribution in [3.63, 3.8) is 0 Å². The summed E-state index contributed by atoms with van der Waals surface area (Å²) in [6.45, 7) is 1.36. The van der Waals surface area contributed by atoms with E-state index in [0.717, 1.165) is 5.56 Å². The molecule has 1 amide bonds. The standard InChI is InChI=1S/C14H19NO5S/c1-10(14(18)15(2)3)21(19,20)12-7-4-11(5-8-12)6-9-13(16)17/h4-5,7-8,10H,6,9H2,1-3H3,(H,16,17). The first-order chi connectivity index (χ1) is 9.66. The lowest BCUT2D eigenvalue weighted by molar-refractivity contribution is -0.137. The Morgan fingerprint density at radius 3 is 2.14 bits per heavy atom. The molecule has 0 aromatic heterocycles. The minimum atomic E-state index is -3.74. The van der Waals surface area contributed by atoms with Crippen molar-refractivity contribution in [3.05, 3.63) is 29.8 Å². The number of sulfone groups is 1. The minimum absolute atomic E-state index is 0.0123. The zero-order valence-electron chi connectivity index (χ0n) is 12.2. The average Bonchev–Trinajstić information content (AvgIpc) is 2.43. The first-order valence-electron chi connectivity index (χ1n) is 6.42. The van der Waals surface area contributed by atoms with Gasteiger partial charge >= 0.3 is 5.97 Å². The lowest BCUT2D eigenvalue weighted by Crippen LogP contribution is -2.37. The first kappa shape index (κ1) is 17.2. The van der Waals surface area contributed by atoms with Crippen LogP contribution >= 0.6 is 0 Å². The van der Waals surface area contributed by atoms with Crippen LogP contribution in [0.3, 0.4) is 0 Å². The summed E-state index contributed by atoms with van der Waals surface area (Å²) in [6, 6.07) is 5.96. The molecule has 0 saturated heterocycles. The van der Waals surface area contributed by atoms with E-state index in [1.807, 2.05) is 0 Å². The van der Waals surface area contributed by atoms with E-state index >= 15 is 0 Å². The highest BCUT2D eigenvalue weighted by molar-refractivity contribution is 7.92. The Balaban J connectivity index is 2.94. The Labute approximate surface area is 124 Å². The predicted molar refractivity (Wildman–Crippen MR) is 77.7 cm³/mol. The lowest BCUT2D eigenvalue weighted by atomic mass is 10.1. The van der Waals surface area contributed by atoms with Crippen molar-refractivity contribution >= 4 is 21.7 Å². The van der Waals surface area contributed by atoms with Gasteiger partial charge in [-0.05, 0) is 31.0 Å². The quantitative estimate of drug-likeness (QED) is 0.844. The monoisotopic (exact) mass is 313 g/mol. The summed E-state index contributed by atoms with van der Waals surface area (Å²) < 4.78 is 24.6. The van der Waals surface area contributed by atoms with E-state index in [4.69, 9.17) is 5.11 Å². The van der Waals surface area contributed by atoms with Crippen molar-refractivity contribution in [3.8, 4) is 0 Å². The van der Waals surface area contributed by atoms with Crippen molar-refractivity contribution < 1.29 is 23.1 Å². The van der Waals surface area contributed by atoms with Crippen LogP contribution in [0.15, 0.2) is 29.2 Å². The zero-order valence-corrected chi connectivity index (χ0v) is 13.1. The Morgan fingerprint density at radius 1 is 1.19 bits per heavy atom. The molecular weight excluding hydrogens is 294 g/mol. The number of carboxylic acid groups (broad SMARTS) is 1. The van der Waals surface area contributed by atoms with Crippen molar-refractivity contribution in [1.29, 1.82) is 0 Å². The van der Waals surface area contributed by atoms with Crippen LogP contribution in [0.2, 0.25) is 0 Å². The number of benzene rings is 1. The maximum Gasteiger partial charge on any atom is 0.303 e. The molecule has 7 heteroatoms. The number of nitrogens with zero attached hydrogens (tertiary/aromatic N) is 1. The summed E-state index contributed by atoms with van der Waals surface area (Å²) in [6.07, 6.45) is 0.323. The molecule has 0 bridgehead atoms. The molecule has 0 radical (unpaired) electrons. The first-order valence-corrected chi connectivity index (χ1v) is 7.96. The third-order valence-corrected chi connectivity index (χ3v) is 5.20. The normalized spacial score (nSPS) is 12.7. The Bertz CT molecular complexity index is 619. The number of carbonyl (C=O) groups excluding carboxylic acids is 1. The van der Waals surface area contributed by atoms with E-state index in [9.17, 15) is 18.0 Å². The van der Waals surface area contributed by atoms with Crippen molar-refractivity contribution in [1.82, 2.24) is 4.90 Å². The van der Waals surface area contributed by atoms with Gasteiger partial charge < -0.3 is 10.0 Å². The molecule has 0 saturated carbocycles. The highest BCUT2D eigenvalue weighted by atomic mass is 32.2. The molecule has 1 aromatic carbocycles. The second kappa shape index (κ2) is 6.71. The summed E-state index contributed by atoms with van der Waals surface area (Å²) in [5.74, 6) is -1.39. The van der Waals surface area contributed by atoms with Gasteiger partial charge in [-0.25, -0.2) is 8.42 Å². The highest BCUT2D eigenvalue weighted by Crippen LogP contribution is 2.18. The van der Waals surface area contributed by atoms with E-state index in [1.165, 1.54) is 38.1 Å². The van der Waals surface area contributed by atoms with Crippen LogP contribution in [0.5, 0.6) is 0 Å². The van der Waals surface area contributed by atoms with Gasteiger partial charge in [-0.15, -0.1) is 0 Å². The average molecular weight is 313 g/mol. The van der Waals surface area contributed by atoms with Crippen LogP contribution in [-0.4, -0.2) is 49.6 Å². The summed E-state index contributed by atoms with van der Waals surface area (Å²) in [4.78, 5) is 23.6. The summed E-state index contributed by atoms with van der Waals surface area (Å²) in [7, 11) is -0.732. The topological polar surface area (TPSA) is 91.8 Å².